The van der Waals surface area contributed by atoms with Crippen LogP contribution >= 0.6 is 0 Å². The number of carbonyl (C=O) groups is 2. The van der Waals surface area contributed by atoms with E-state index < -0.39 is 198 Å². The van der Waals surface area contributed by atoms with Crippen molar-refractivity contribution in [3.8, 4) is 0 Å². The van der Waals surface area contributed by atoms with Gasteiger partial charge in [0.15, 0.2) is 37.6 Å². The van der Waals surface area contributed by atoms with Crippen LogP contribution in [0.1, 0.15) is 6.92 Å². The third kappa shape index (κ3) is 9.46. The fourth-order valence-electron chi connectivity index (χ4n) is 7.73. The van der Waals surface area contributed by atoms with Gasteiger partial charge in [-0.2, -0.15) is 0 Å². The molecule has 6 aliphatic rings. The summed E-state index contributed by atoms with van der Waals surface area (Å²) in [5.41, 5.74) is 0. The standard InChI is InChI=1S/C33H52O29/c1-33(32(50)51)52-5-9-20(62-33)14(41)16(43)28(56-9)59-23-15(42)17(44)29(61-25(23)26(47)48)57-22-12(39)8(4-36)54-30(19(22)46)60-24-13(40)10(37)6(2-34)55-31(24)58-21-11(38)7(3-35)53-27(49)18(21)45/h6-25,27-31,34-46,49H,2-5H2,1H3,(H,47,48)(H,50,51). The number of hydrogen-bond donors (Lipinski definition) is 16. The van der Waals surface area contributed by atoms with E-state index in [4.69, 9.17) is 52.1 Å². The van der Waals surface area contributed by atoms with E-state index in [0.717, 1.165) is 6.92 Å². The molecule has 6 saturated heterocycles. The van der Waals surface area contributed by atoms with Gasteiger partial charge in [0.2, 0.25) is 0 Å². The number of hydrogen-bond acceptors (Lipinski definition) is 27. The Hall–Kier alpha value is -2.06. The SMILES string of the molecule is CC1(C(=O)O)OCC2OC(OC3C(C(=O)O)OC(OC4C(O)C(CO)OC(OC5C(OC6C(O)C(O)OC(CO)C6O)OC(CO)C(O)C5O)C4O)C(O)C3O)C(O)C(O)C2O1. The zero-order valence-electron chi connectivity index (χ0n) is 32.2. The van der Waals surface area contributed by atoms with E-state index in [1.165, 1.54) is 0 Å². The highest BCUT2D eigenvalue weighted by atomic mass is 16.8. The van der Waals surface area contributed by atoms with Crippen molar-refractivity contribution in [1.82, 2.24) is 0 Å². The first-order valence-corrected chi connectivity index (χ1v) is 19.2. The van der Waals surface area contributed by atoms with Crippen LogP contribution in [0.15, 0.2) is 0 Å². The van der Waals surface area contributed by atoms with Gasteiger partial charge in [0.1, 0.15) is 116 Å². The number of rotatable bonds is 13. The van der Waals surface area contributed by atoms with E-state index in [1.54, 1.807) is 0 Å². The van der Waals surface area contributed by atoms with E-state index in [9.17, 15) is 91.3 Å². The number of aliphatic hydroxyl groups excluding tert-OH is 14. The molecule has 358 valence electrons. The lowest BCUT2D eigenvalue weighted by Gasteiger charge is -2.50. The second-order valence-electron chi connectivity index (χ2n) is 15.5. The molecule has 0 saturated carbocycles. The van der Waals surface area contributed by atoms with E-state index in [2.05, 4.69) is 0 Å². The van der Waals surface area contributed by atoms with Gasteiger partial charge in [0, 0.05) is 6.92 Å². The van der Waals surface area contributed by atoms with Gasteiger partial charge < -0.3 is 134 Å². The van der Waals surface area contributed by atoms with Gasteiger partial charge in [-0.05, 0) is 0 Å². The average Bonchev–Trinajstić information content (AvgIpc) is 3.23. The quantitative estimate of drug-likeness (QED) is 0.0816. The summed E-state index contributed by atoms with van der Waals surface area (Å²) in [5.74, 6) is -5.68. The topological polar surface area (TPSA) is 459 Å². The van der Waals surface area contributed by atoms with E-state index in [1.807, 2.05) is 0 Å². The summed E-state index contributed by atoms with van der Waals surface area (Å²) in [6, 6.07) is 0. The summed E-state index contributed by atoms with van der Waals surface area (Å²) in [6.07, 6.45) is -49.7. The smallest absolute Gasteiger partial charge is 0.364 e. The lowest BCUT2D eigenvalue weighted by Crippen LogP contribution is -2.69. The minimum Gasteiger partial charge on any atom is -0.479 e. The number of ether oxygens (including phenoxy) is 11. The van der Waals surface area contributed by atoms with Crippen molar-refractivity contribution in [3.63, 3.8) is 0 Å². The first-order chi connectivity index (χ1) is 29.2. The van der Waals surface area contributed by atoms with E-state index in [0.29, 0.717) is 0 Å². The van der Waals surface area contributed by atoms with Gasteiger partial charge in [0.25, 0.3) is 5.79 Å². The monoisotopic (exact) mass is 912 g/mol. The molecular weight excluding hydrogens is 860 g/mol. The average molecular weight is 913 g/mol. The van der Waals surface area contributed by atoms with Crippen LogP contribution in [0.5, 0.6) is 0 Å². The Balaban J connectivity index is 1.18. The van der Waals surface area contributed by atoms with Gasteiger partial charge in [-0.3, -0.25) is 0 Å². The molecule has 6 aliphatic heterocycles. The third-order valence-corrected chi connectivity index (χ3v) is 11.4. The Morgan fingerprint density at radius 1 is 0.516 bits per heavy atom. The molecule has 0 spiro atoms. The van der Waals surface area contributed by atoms with Gasteiger partial charge in [-0.15, -0.1) is 0 Å². The molecule has 26 unspecified atom stereocenters. The van der Waals surface area contributed by atoms with Gasteiger partial charge in [0.05, 0.1) is 26.4 Å². The highest BCUT2D eigenvalue weighted by Gasteiger charge is 2.59. The number of aliphatic carboxylic acids is 2. The third-order valence-electron chi connectivity index (χ3n) is 11.4. The molecule has 0 aromatic carbocycles. The number of aliphatic hydroxyl groups is 14. The molecule has 6 heterocycles. The van der Waals surface area contributed by atoms with Gasteiger partial charge >= 0.3 is 11.9 Å². The molecule has 6 fully saturated rings. The van der Waals surface area contributed by atoms with Crippen LogP contribution in [0.2, 0.25) is 0 Å². The normalized spacial score (nSPS) is 52.5. The van der Waals surface area contributed by atoms with Crippen molar-refractivity contribution < 1.29 is 143 Å². The molecule has 0 bridgehead atoms. The Bertz CT molecular complexity index is 1510. The highest BCUT2D eigenvalue weighted by Crippen LogP contribution is 2.38. The van der Waals surface area contributed by atoms with E-state index >= 15 is 0 Å². The Morgan fingerprint density at radius 3 is 1.58 bits per heavy atom. The largest absolute Gasteiger partial charge is 0.479 e. The van der Waals surface area contributed by atoms with Crippen molar-refractivity contribution in [1.29, 1.82) is 0 Å². The minimum atomic E-state index is -2.33. The van der Waals surface area contributed by atoms with Gasteiger partial charge in [-0.25, -0.2) is 9.59 Å². The zero-order chi connectivity index (χ0) is 45.7. The van der Waals surface area contributed by atoms with Crippen LogP contribution in [0.25, 0.3) is 0 Å². The zero-order valence-corrected chi connectivity index (χ0v) is 32.2. The molecule has 0 radical (unpaired) electrons. The lowest BCUT2D eigenvalue weighted by molar-refractivity contribution is -0.404. The van der Waals surface area contributed by atoms with Crippen LogP contribution in [0, 0.1) is 0 Å². The fourth-order valence-corrected chi connectivity index (χ4v) is 7.73. The molecule has 0 amide bonds. The molecule has 62 heavy (non-hydrogen) atoms. The maximum absolute atomic E-state index is 12.5. The molecule has 16 N–H and O–H groups in total. The number of carboxylic acids is 2. The summed E-state index contributed by atoms with van der Waals surface area (Å²) in [5, 5.41) is 168. The van der Waals surface area contributed by atoms with Crippen LogP contribution < -0.4 is 0 Å². The maximum atomic E-state index is 12.5. The summed E-state index contributed by atoms with van der Waals surface area (Å²) < 4.78 is 59.8. The van der Waals surface area contributed by atoms with Crippen molar-refractivity contribution in [2.24, 2.45) is 0 Å². The second-order valence-corrected chi connectivity index (χ2v) is 15.5. The predicted octanol–water partition coefficient (Wildman–Crippen LogP) is -11.0. The summed E-state index contributed by atoms with van der Waals surface area (Å²) >= 11 is 0. The highest BCUT2D eigenvalue weighted by molar-refractivity contribution is 5.75. The van der Waals surface area contributed by atoms with Crippen LogP contribution in [-0.2, 0) is 61.7 Å². The van der Waals surface area contributed by atoms with Crippen molar-refractivity contribution in [2.45, 2.75) is 166 Å². The Morgan fingerprint density at radius 2 is 0.984 bits per heavy atom. The summed E-state index contributed by atoms with van der Waals surface area (Å²) in [6.45, 7) is -2.38. The molecular formula is C33H52O29. The first kappa shape index (κ1) is 49.4. The first-order valence-electron chi connectivity index (χ1n) is 19.2. The Labute approximate surface area is 348 Å². The van der Waals surface area contributed by atoms with Crippen molar-refractivity contribution in [3.05, 3.63) is 0 Å². The minimum absolute atomic E-state index is 0.529. The molecule has 26 atom stereocenters. The summed E-state index contributed by atoms with van der Waals surface area (Å²) in [4.78, 5) is 24.1. The molecule has 29 nitrogen and oxygen atoms in total. The number of carboxylic acid groups (broad SMARTS) is 2. The van der Waals surface area contributed by atoms with Crippen LogP contribution in [0.4, 0.5) is 0 Å². The van der Waals surface area contributed by atoms with Crippen LogP contribution in [-0.4, -0.2) is 279 Å². The van der Waals surface area contributed by atoms with Gasteiger partial charge in [-0.1, -0.05) is 0 Å². The molecule has 6 rings (SSSR count). The predicted molar refractivity (Wildman–Crippen MR) is 181 cm³/mol. The Kier molecular flexibility index (Phi) is 15.8. The molecule has 29 heteroatoms. The molecule has 0 aromatic heterocycles. The van der Waals surface area contributed by atoms with Crippen LogP contribution in [0.3, 0.4) is 0 Å². The second kappa shape index (κ2) is 19.8. The fraction of sp³-hybridized carbons (Fsp3) is 0.939. The lowest BCUT2D eigenvalue weighted by atomic mass is 9.95. The number of fused-ring (bicyclic) bond motifs is 1. The van der Waals surface area contributed by atoms with Crippen molar-refractivity contribution >= 4 is 11.9 Å². The van der Waals surface area contributed by atoms with E-state index in [-0.39, 0.29) is 0 Å². The van der Waals surface area contributed by atoms with Crippen molar-refractivity contribution in [2.75, 3.05) is 26.4 Å². The molecule has 0 aliphatic carbocycles. The maximum Gasteiger partial charge on any atom is 0.364 e. The molecule has 0 aromatic rings. The summed E-state index contributed by atoms with van der Waals surface area (Å²) in [7, 11) is 0.